The Balaban J connectivity index is 2.13. The highest BCUT2D eigenvalue weighted by atomic mass is 35.5. The average Bonchev–Trinajstić information content (AvgIpc) is 2.72. The molecule has 1 saturated heterocycles. The summed E-state index contributed by atoms with van der Waals surface area (Å²) in [6.07, 6.45) is 0. The number of rotatable bonds is 3. The third kappa shape index (κ3) is 2.69. The van der Waals surface area contributed by atoms with Gasteiger partial charge in [0, 0.05) is 0 Å². The van der Waals surface area contributed by atoms with Crippen LogP contribution >= 0.6 is 11.6 Å². The molecule has 2 N–H and O–H groups in total. The van der Waals surface area contributed by atoms with Gasteiger partial charge >= 0.3 is 5.97 Å². The number of carboxylic acids is 1. The summed E-state index contributed by atoms with van der Waals surface area (Å²) in [6.45, 7) is 1.77. The summed E-state index contributed by atoms with van der Waals surface area (Å²) in [5.74, 6) is -1.47. The van der Waals surface area contributed by atoms with E-state index in [1.807, 2.05) is 0 Å². The van der Waals surface area contributed by atoms with Crippen molar-refractivity contribution in [3.63, 3.8) is 0 Å². The van der Waals surface area contributed by atoms with Crippen molar-refractivity contribution in [2.45, 2.75) is 13.0 Å². The first kappa shape index (κ1) is 13.8. The van der Waals surface area contributed by atoms with Gasteiger partial charge in [0.15, 0.2) is 0 Å². The maximum Gasteiger partial charge on any atom is 0.313 e. The maximum atomic E-state index is 12.0. The van der Waals surface area contributed by atoms with E-state index in [1.165, 1.54) is 6.07 Å². The lowest BCUT2D eigenvalue weighted by Gasteiger charge is -2.25. The first-order valence-electron chi connectivity index (χ1n) is 5.68. The molecule has 0 bridgehead atoms. The molecule has 0 aromatic carbocycles. The number of halogens is 1. The predicted octanol–water partition coefficient (Wildman–Crippen LogP) is 0.954. The third-order valence-electron chi connectivity index (χ3n) is 3.20. The van der Waals surface area contributed by atoms with Crippen molar-refractivity contribution in [3.8, 4) is 0 Å². The molecule has 1 aromatic rings. The van der Waals surface area contributed by atoms with Crippen molar-refractivity contribution in [1.29, 1.82) is 0 Å². The maximum absolute atomic E-state index is 12.0. The SMILES string of the molecule is CC1(C(=O)O)COCC1NC(=O)c1cccc(Cl)n1. The summed E-state index contributed by atoms with van der Waals surface area (Å²) in [4.78, 5) is 27.1. The molecule has 1 amide bonds. The smallest absolute Gasteiger partial charge is 0.313 e. The Kier molecular flexibility index (Phi) is 3.73. The minimum absolute atomic E-state index is 0.0657. The fourth-order valence-corrected chi connectivity index (χ4v) is 2.02. The number of amides is 1. The summed E-state index contributed by atoms with van der Waals surface area (Å²) in [5.41, 5.74) is -0.985. The van der Waals surface area contributed by atoms with E-state index in [1.54, 1.807) is 19.1 Å². The van der Waals surface area contributed by atoms with E-state index >= 15 is 0 Å². The first-order chi connectivity index (χ1) is 8.93. The van der Waals surface area contributed by atoms with Gasteiger partial charge in [0.2, 0.25) is 0 Å². The van der Waals surface area contributed by atoms with Crippen molar-refractivity contribution >= 4 is 23.5 Å². The highest BCUT2D eigenvalue weighted by molar-refractivity contribution is 6.29. The number of aromatic nitrogens is 1. The van der Waals surface area contributed by atoms with Gasteiger partial charge in [0.25, 0.3) is 5.91 Å². The molecule has 1 aromatic heterocycles. The molecular formula is C12H13ClN2O4. The summed E-state index contributed by atoms with van der Waals surface area (Å²) < 4.78 is 5.15. The lowest BCUT2D eigenvalue weighted by Crippen LogP contribution is -2.49. The van der Waals surface area contributed by atoms with Gasteiger partial charge in [-0.2, -0.15) is 0 Å². The van der Waals surface area contributed by atoms with Crippen LogP contribution in [0.5, 0.6) is 0 Å². The van der Waals surface area contributed by atoms with Crippen LogP contribution in [0.1, 0.15) is 17.4 Å². The van der Waals surface area contributed by atoms with Crippen LogP contribution in [0.2, 0.25) is 5.15 Å². The van der Waals surface area contributed by atoms with E-state index in [4.69, 9.17) is 16.3 Å². The second kappa shape index (κ2) is 5.14. The van der Waals surface area contributed by atoms with E-state index in [-0.39, 0.29) is 24.1 Å². The van der Waals surface area contributed by atoms with Crippen molar-refractivity contribution in [1.82, 2.24) is 10.3 Å². The summed E-state index contributed by atoms with van der Waals surface area (Å²) >= 11 is 5.70. The Morgan fingerprint density at radius 1 is 1.58 bits per heavy atom. The highest BCUT2D eigenvalue weighted by Gasteiger charge is 2.47. The minimum atomic E-state index is -1.13. The Morgan fingerprint density at radius 3 is 2.95 bits per heavy atom. The fraction of sp³-hybridized carbons (Fsp3) is 0.417. The summed E-state index contributed by atoms with van der Waals surface area (Å²) in [7, 11) is 0. The van der Waals surface area contributed by atoms with Crippen molar-refractivity contribution < 1.29 is 19.4 Å². The minimum Gasteiger partial charge on any atom is -0.481 e. The van der Waals surface area contributed by atoms with Crippen molar-refractivity contribution in [2.24, 2.45) is 5.41 Å². The van der Waals surface area contributed by atoms with Crippen molar-refractivity contribution in [3.05, 3.63) is 29.0 Å². The molecule has 1 aliphatic rings. The molecule has 0 saturated carbocycles. The van der Waals surface area contributed by atoms with E-state index < -0.39 is 23.3 Å². The zero-order chi connectivity index (χ0) is 14.0. The molecule has 1 fully saturated rings. The van der Waals surface area contributed by atoms with Gasteiger partial charge in [-0.15, -0.1) is 0 Å². The summed E-state index contributed by atoms with van der Waals surface area (Å²) in [6, 6.07) is 4.07. The molecule has 2 heterocycles. The molecule has 0 aliphatic carbocycles. The number of ether oxygens (including phenoxy) is 1. The molecule has 0 spiro atoms. The molecule has 1 aliphatic heterocycles. The summed E-state index contributed by atoms with van der Waals surface area (Å²) in [5, 5.41) is 12.0. The number of hydrogen-bond acceptors (Lipinski definition) is 4. The Hall–Kier alpha value is -1.66. The Morgan fingerprint density at radius 2 is 2.32 bits per heavy atom. The van der Waals surface area contributed by atoms with Crippen LogP contribution in [0.3, 0.4) is 0 Å². The topological polar surface area (TPSA) is 88.5 Å². The van der Waals surface area contributed by atoms with Crippen molar-refractivity contribution in [2.75, 3.05) is 13.2 Å². The van der Waals surface area contributed by atoms with Gasteiger partial charge in [-0.1, -0.05) is 17.7 Å². The zero-order valence-electron chi connectivity index (χ0n) is 10.2. The standard InChI is InChI=1S/C12H13ClN2O4/c1-12(11(17)18)6-19-5-8(12)15-10(16)7-3-2-4-9(13)14-7/h2-4,8H,5-6H2,1H3,(H,15,16)(H,17,18). The van der Waals surface area contributed by atoms with E-state index in [0.29, 0.717) is 0 Å². The molecule has 19 heavy (non-hydrogen) atoms. The highest BCUT2D eigenvalue weighted by Crippen LogP contribution is 2.28. The number of aliphatic carboxylic acids is 1. The molecule has 6 nitrogen and oxygen atoms in total. The first-order valence-corrected chi connectivity index (χ1v) is 6.06. The van der Waals surface area contributed by atoms with Crippen LogP contribution in [-0.2, 0) is 9.53 Å². The number of carbonyl (C=O) groups excluding carboxylic acids is 1. The van der Waals surface area contributed by atoms with Gasteiger partial charge in [-0.05, 0) is 19.1 Å². The van der Waals surface area contributed by atoms with Gasteiger partial charge in [-0.3, -0.25) is 9.59 Å². The molecule has 2 rings (SSSR count). The van der Waals surface area contributed by atoms with E-state index in [0.717, 1.165) is 0 Å². The number of nitrogens with zero attached hydrogens (tertiary/aromatic N) is 1. The van der Waals surface area contributed by atoms with Gasteiger partial charge in [0.1, 0.15) is 16.3 Å². The fourth-order valence-electron chi connectivity index (χ4n) is 1.85. The van der Waals surface area contributed by atoms with Crippen LogP contribution in [-0.4, -0.2) is 41.2 Å². The number of nitrogens with one attached hydrogen (secondary N) is 1. The van der Waals surface area contributed by atoms with Crippen LogP contribution in [0.4, 0.5) is 0 Å². The number of hydrogen-bond donors (Lipinski definition) is 2. The monoisotopic (exact) mass is 284 g/mol. The Bertz CT molecular complexity index is 522. The molecule has 102 valence electrons. The Labute approximate surface area is 114 Å². The van der Waals surface area contributed by atoms with Crippen LogP contribution in [0.25, 0.3) is 0 Å². The second-order valence-electron chi connectivity index (χ2n) is 4.61. The molecule has 2 unspecified atom stereocenters. The number of carbonyl (C=O) groups is 2. The molecule has 2 atom stereocenters. The second-order valence-corrected chi connectivity index (χ2v) is 5.00. The molecular weight excluding hydrogens is 272 g/mol. The van der Waals surface area contributed by atoms with Gasteiger partial charge in [-0.25, -0.2) is 4.98 Å². The zero-order valence-corrected chi connectivity index (χ0v) is 11.0. The van der Waals surface area contributed by atoms with Crippen LogP contribution < -0.4 is 5.32 Å². The lowest BCUT2D eigenvalue weighted by atomic mass is 9.85. The number of pyridine rings is 1. The number of carboxylic acid groups (broad SMARTS) is 1. The quantitative estimate of drug-likeness (QED) is 0.807. The molecule has 0 radical (unpaired) electrons. The lowest BCUT2D eigenvalue weighted by molar-refractivity contribution is -0.148. The molecule has 7 heteroatoms. The van der Waals surface area contributed by atoms with Crippen LogP contribution in [0, 0.1) is 5.41 Å². The van der Waals surface area contributed by atoms with Crippen LogP contribution in [0.15, 0.2) is 18.2 Å². The largest absolute Gasteiger partial charge is 0.481 e. The van der Waals surface area contributed by atoms with E-state index in [9.17, 15) is 14.7 Å². The normalized spacial score (nSPS) is 26.1. The van der Waals surface area contributed by atoms with Gasteiger partial charge < -0.3 is 15.2 Å². The third-order valence-corrected chi connectivity index (χ3v) is 3.41. The van der Waals surface area contributed by atoms with E-state index in [2.05, 4.69) is 10.3 Å². The average molecular weight is 285 g/mol. The van der Waals surface area contributed by atoms with Gasteiger partial charge in [0.05, 0.1) is 19.3 Å². The predicted molar refractivity (Wildman–Crippen MR) is 67.1 cm³/mol.